The van der Waals surface area contributed by atoms with Crippen molar-refractivity contribution in [2.45, 2.75) is 31.3 Å². The number of hydrogen-bond donors (Lipinski definition) is 1. The van der Waals surface area contributed by atoms with Crippen LogP contribution in [0.15, 0.2) is 45.6 Å². The molecule has 0 bridgehead atoms. The SMILES string of the molecule is O=C1N[C@]2(CCCc3ccccc32)C(=O)N1Cc1nc(-c2ccsc2)no1. The van der Waals surface area contributed by atoms with E-state index >= 15 is 0 Å². The maximum absolute atomic E-state index is 13.2. The number of fused-ring (bicyclic) bond motifs is 2. The summed E-state index contributed by atoms with van der Waals surface area (Å²) in [6, 6.07) is 9.27. The van der Waals surface area contributed by atoms with Gasteiger partial charge < -0.3 is 9.84 Å². The third kappa shape index (κ3) is 2.48. The summed E-state index contributed by atoms with van der Waals surface area (Å²) in [4.78, 5) is 31.4. The molecule has 0 unspecified atom stereocenters. The molecule has 0 radical (unpaired) electrons. The third-order valence-corrected chi connectivity index (χ3v) is 5.87. The number of aryl methyl sites for hydroxylation is 1. The Hall–Kier alpha value is -3.00. The summed E-state index contributed by atoms with van der Waals surface area (Å²) < 4.78 is 5.26. The van der Waals surface area contributed by atoms with Gasteiger partial charge in [-0.3, -0.25) is 9.69 Å². The molecule has 7 nitrogen and oxygen atoms in total. The largest absolute Gasteiger partial charge is 0.337 e. The van der Waals surface area contributed by atoms with Gasteiger partial charge in [0, 0.05) is 10.9 Å². The molecule has 1 N–H and O–H groups in total. The van der Waals surface area contributed by atoms with Crippen LogP contribution >= 0.6 is 11.3 Å². The Morgan fingerprint density at radius 2 is 2.15 bits per heavy atom. The molecule has 1 saturated heterocycles. The minimum Gasteiger partial charge on any atom is -0.337 e. The molecule has 3 heterocycles. The maximum Gasteiger partial charge on any atom is 0.325 e. The number of hydrogen-bond acceptors (Lipinski definition) is 6. The Bertz CT molecular complexity index is 1030. The van der Waals surface area contributed by atoms with Gasteiger partial charge in [0.25, 0.3) is 5.91 Å². The van der Waals surface area contributed by atoms with Crippen LogP contribution in [-0.2, 0) is 23.3 Å². The minimum absolute atomic E-state index is 0.0360. The quantitative estimate of drug-likeness (QED) is 0.706. The highest BCUT2D eigenvalue weighted by atomic mass is 32.1. The van der Waals surface area contributed by atoms with Crippen LogP contribution in [0.3, 0.4) is 0 Å². The Morgan fingerprint density at radius 1 is 1.26 bits per heavy atom. The lowest BCUT2D eigenvalue weighted by molar-refractivity contribution is -0.132. The van der Waals surface area contributed by atoms with E-state index in [2.05, 4.69) is 15.5 Å². The van der Waals surface area contributed by atoms with Crippen LogP contribution in [0.1, 0.15) is 29.9 Å². The Morgan fingerprint density at radius 3 is 3.00 bits per heavy atom. The second-order valence-corrected chi connectivity index (χ2v) is 7.54. The van der Waals surface area contributed by atoms with Crippen molar-refractivity contribution >= 4 is 23.3 Å². The molecule has 8 heteroatoms. The van der Waals surface area contributed by atoms with Crippen molar-refractivity contribution in [3.8, 4) is 11.4 Å². The monoisotopic (exact) mass is 380 g/mol. The first-order chi connectivity index (χ1) is 13.2. The van der Waals surface area contributed by atoms with Crippen molar-refractivity contribution in [2.24, 2.45) is 0 Å². The lowest BCUT2D eigenvalue weighted by Gasteiger charge is -2.33. The van der Waals surface area contributed by atoms with E-state index in [1.807, 2.05) is 41.1 Å². The molecule has 2 aliphatic rings. The number of carbonyl (C=O) groups excluding carboxylic acids is 2. The molecular formula is C19H16N4O3S. The van der Waals surface area contributed by atoms with E-state index in [1.165, 1.54) is 16.2 Å². The Balaban J connectivity index is 1.44. The summed E-state index contributed by atoms with van der Waals surface area (Å²) >= 11 is 1.54. The van der Waals surface area contributed by atoms with Crippen LogP contribution in [-0.4, -0.2) is 27.0 Å². The second kappa shape index (κ2) is 6.02. The molecule has 3 aromatic rings. The molecule has 1 aliphatic heterocycles. The van der Waals surface area contributed by atoms with Crippen molar-refractivity contribution in [2.75, 3.05) is 0 Å². The fourth-order valence-electron chi connectivity index (χ4n) is 3.92. The normalized spacial score (nSPS) is 21.6. The van der Waals surface area contributed by atoms with Gasteiger partial charge in [0.05, 0.1) is 0 Å². The molecule has 1 spiro atoms. The van der Waals surface area contributed by atoms with Gasteiger partial charge in [-0.25, -0.2) is 4.79 Å². The molecule has 27 heavy (non-hydrogen) atoms. The molecule has 136 valence electrons. The highest BCUT2D eigenvalue weighted by Gasteiger charge is 2.54. The zero-order chi connectivity index (χ0) is 18.4. The topological polar surface area (TPSA) is 88.3 Å². The first-order valence-corrected chi connectivity index (χ1v) is 9.69. The van der Waals surface area contributed by atoms with Crippen molar-refractivity contribution in [1.82, 2.24) is 20.4 Å². The Labute approximate surface area is 159 Å². The number of carbonyl (C=O) groups is 2. The molecule has 2 aromatic heterocycles. The summed E-state index contributed by atoms with van der Waals surface area (Å²) in [6.45, 7) is -0.0360. The first kappa shape index (κ1) is 16.2. The summed E-state index contributed by atoms with van der Waals surface area (Å²) in [6.07, 6.45) is 2.35. The summed E-state index contributed by atoms with van der Waals surface area (Å²) in [5.74, 6) is 0.437. The van der Waals surface area contributed by atoms with E-state index < -0.39 is 11.6 Å². The number of urea groups is 1. The van der Waals surface area contributed by atoms with Crippen LogP contribution in [0.5, 0.6) is 0 Å². The van der Waals surface area contributed by atoms with Gasteiger partial charge in [0.1, 0.15) is 12.1 Å². The van der Waals surface area contributed by atoms with Crippen molar-refractivity contribution in [1.29, 1.82) is 0 Å². The third-order valence-electron chi connectivity index (χ3n) is 5.19. The maximum atomic E-state index is 13.2. The van der Waals surface area contributed by atoms with Crippen LogP contribution < -0.4 is 5.32 Å². The number of aromatic nitrogens is 2. The predicted molar refractivity (Wildman–Crippen MR) is 97.8 cm³/mol. The van der Waals surface area contributed by atoms with Gasteiger partial charge in [-0.1, -0.05) is 29.4 Å². The Kier molecular flexibility index (Phi) is 3.61. The van der Waals surface area contributed by atoms with Gasteiger partial charge >= 0.3 is 6.03 Å². The molecule has 1 fully saturated rings. The number of nitrogens with one attached hydrogen (secondary N) is 1. The van der Waals surface area contributed by atoms with Crippen LogP contribution in [0.25, 0.3) is 11.4 Å². The lowest BCUT2D eigenvalue weighted by atomic mass is 9.76. The summed E-state index contributed by atoms with van der Waals surface area (Å²) in [5, 5.41) is 10.7. The van der Waals surface area contributed by atoms with E-state index in [4.69, 9.17) is 4.52 Å². The van der Waals surface area contributed by atoms with Gasteiger partial charge in [-0.2, -0.15) is 16.3 Å². The molecule has 0 saturated carbocycles. The van der Waals surface area contributed by atoms with Gasteiger partial charge in [0.15, 0.2) is 0 Å². The minimum atomic E-state index is -0.984. The lowest BCUT2D eigenvalue weighted by Crippen LogP contribution is -2.46. The van der Waals surface area contributed by atoms with Gasteiger partial charge in [-0.05, 0) is 41.8 Å². The molecule has 1 aromatic carbocycles. The second-order valence-electron chi connectivity index (χ2n) is 6.76. The number of imide groups is 1. The van der Waals surface area contributed by atoms with Crippen molar-refractivity contribution in [3.05, 3.63) is 58.1 Å². The summed E-state index contributed by atoms with van der Waals surface area (Å²) in [5.41, 5.74) is 1.87. The molecule has 3 amide bonds. The highest BCUT2D eigenvalue weighted by Crippen LogP contribution is 2.40. The van der Waals surface area contributed by atoms with E-state index in [0.29, 0.717) is 12.2 Å². The van der Waals surface area contributed by atoms with Gasteiger partial charge in [0.2, 0.25) is 11.7 Å². The van der Waals surface area contributed by atoms with E-state index in [1.54, 1.807) is 0 Å². The zero-order valence-corrected chi connectivity index (χ0v) is 15.2. The van der Waals surface area contributed by atoms with Crippen LogP contribution in [0, 0.1) is 0 Å². The summed E-state index contributed by atoms with van der Waals surface area (Å²) in [7, 11) is 0. The average Bonchev–Trinajstić information content (AvgIpc) is 3.40. The van der Waals surface area contributed by atoms with Crippen molar-refractivity contribution in [3.63, 3.8) is 0 Å². The number of amides is 3. The predicted octanol–water partition coefficient (Wildman–Crippen LogP) is 3.08. The van der Waals surface area contributed by atoms with E-state index in [9.17, 15) is 9.59 Å². The number of rotatable bonds is 3. The molecule has 5 rings (SSSR count). The fourth-order valence-corrected chi connectivity index (χ4v) is 4.55. The number of benzene rings is 1. The van der Waals surface area contributed by atoms with Crippen LogP contribution in [0.2, 0.25) is 0 Å². The molecule has 1 atom stereocenters. The first-order valence-electron chi connectivity index (χ1n) is 8.75. The van der Waals surface area contributed by atoms with Gasteiger partial charge in [-0.15, -0.1) is 0 Å². The standard InChI is InChI=1S/C19H16N4O3S/c24-17-19(8-3-5-12-4-1-2-6-14(12)19)21-18(25)23(17)10-15-20-16(22-26-15)13-7-9-27-11-13/h1-2,4,6-7,9,11H,3,5,8,10H2,(H,21,25)/t19-/m0/s1. The number of thiophene rings is 1. The fraction of sp³-hybridized carbons (Fsp3) is 0.263. The number of nitrogens with zero attached hydrogens (tertiary/aromatic N) is 3. The van der Waals surface area contributed by atoms with E-state index in [-0.39, 0.29) is 18.3 Å². The average molecular weight is 380 g/mol. The highest BCUT2D eigenvalue weighted by molar-refractivity contribution is 7.08. The van der Waals surface area contributed by atoms with Crippen molar-refractivity contribution < 1.29 is 14.1 Å². The zero-order valence-electron chi connectivity index (χ0n) is 14.3. The molecule has 1 aliphatic carbocycles. The molecular weight excluding hydrogens is 364 g/mol. The van der Waals surface area contributed by atoms with E-state index in [0.717, 1.165) is 29.5 Å². The smallest absolute Gasteiger partial charge is 0.325 e. The van der Waals surface area contributed by atoms with Crippen LogP contribution in [0.4, 0.5) is 4.79 Å².